The average Bonchev–Trinajstić information content (AvgIpc) is 2.79. The molecule has 0 N–H and O–H groups in total. The van der Waals surface area contributed by atoms with Gasteiger partial charge in [-0.25, -0.2) is 0 Å². The van der Waals surface area contributed by atoms with E-state index in [1.807, 2.05) is 6.92 Å². The molecular weight excluding hydrogens is 236 g/mol. The van der Waals surface area contributed by atoms with Gasteiger partial charge in [0, 0.05) is 25.7 Å². The van der Waals surface area contributed by atoms with Crippen LogP contribution in [0.5, 0.6) is 0 Å². The van der Waals surface area contributed by atoms with Crippen LogP contribution in [0, 0.1) is 0 Å². The predicted octanol–water partition coefficient (Wildman–Crippen LogP) is 1.83. The molecule has 1 saturated heterocycles. The predicted molar refractivity (Wildman–Crippen MR) is 65.0 cm³/mol. The van der Waals surface area contributed by atoms with Crippen LogP contribution in [-0.4, -0.2) is 37.9 Å². The second-order valence-corrected chi connectivity index (χ2v) is 4.65. The highest BCUT2D eigenvalue weighted by Crippen LogP contribution is 2.24. The maximum absolute atomic E-state index is 11.6. The van der Waals surface area contributed by atoms with Crippen LogP contribution in [0.3, 0.4) is 0 Å². The SMILES string of the molecule is COC(=O)CCCCC(=O)CCC1(C)OCCO1. The highest BCUT2D eigenvalue weighted by Gasteiger charge is 2.30. The Morgan fingerprint density at radius 3 is 2.33 bits per heavy atom. The van der Waals surface area contributed by atoms with Gasteiger partial charge in [-0.1, -0.05) is 0 Å². The molecule has 0 radical (unpaired) electrons. The van der Waals surface area contributed by atoms with E-state index in [1.54, 1.807) is 0 Å². The molecule has 1 aliphatic heterocycles. The van der Waals surface area contributed by atoms with Crippen LogP contribution in [0.1, 0.15) is 45.4 Å². The van der Waals surface area contributed by atoms with Gasteiger partial charge in [-0.15, -0.1) is 0 Å². The number of esters is 1. The zero-order chi connectivity index (χ0) is 13.4. The zero-order valence-corrected chi connectivity index (χ0v) is 11.2. The first-order chi connectivity index (χ1) is 8.56. The summed E-state index contributed by atoms with van der Waals surface area (Å²) in [6.45, 7) is 3.07. The molecule has 0 amide bonds. The molecule has 0 saturated carbocycles. The summed E-state index contributed by atoms with van der Waals surface area (Å²) in [5.41, 5.74) is 0. The lowest BCUT2D eigenvalue weighted by Gasteiger charge is -2.21. The van der Waals surface area contributed by atoms with E-state index in [1.165, 1.54) is 7.11 Å². The summed E-state index contributed by atoms with van der Waals surface area (Å²) in [5.74, 6) is -0.607. The molecule has 5 heteroatoms. The van der Waals surface area contributed by atoms with Crippen LogP contribution in [-0.2, 0) is 23.8 Å². The number of methoxy groups -OCH3 is 1. The third-order valence-corrected chi connectivity index (χ3v) is 3.07. The van der Waals surface area contributed by atoms with Gasteiger partial charge in [-0.05, 0) is 19.8 Å². The smallest absolute Gasteiger partial charge is 0.305 e. The van der Waals surface area contributed by atoms with Crippen molar-refractivity contribution in [2.45, 2.75) is 51.2 Å². The average molecular weight is 258 g/mol. The van der Waals surface area contributed by atoms with E-state index in [0.29, 0.717) is 45.3 Å². The highest BCUT2D eigenvalue weighted by molar-refractivity contribution is 5.78. The molecule has 0 unspecified atom stereocenters. The molecule has 0 aromatic rings. The number of carbonyl (C=O) groups excluding carboxylic acids is 2. The largest absolute Gasteiger partial charge is 0.469 e. The number of hydrogen-bond donors (Lipinski definition) is 0. The van der Waals surface area contributed by atoms with E-state index in [9.17, 15) is 9.59 Å². The minimum Gasteiger partial charge on any atom is -0.469 e. The van der Waals surface area contributed by atoms with Crippen molar-refractivity contribution in [1.29, 1.82) is 0 Å². The van der Waals surface area contributed by atoms with Crippen molar-refractivity contribution in [1.82, 2.24) is 0 Å². The first kappa shape index (κ1) is 15.1. The third-order valence-electron chi connectivity index (χ3n) is 3.07. The molecule has 104 valence electrons. The van der Waals surface area contributed by atoms with Gasteiger partial charge in [0.1, 0.15) is 5.78 Å². The van der Waals surface area contributed by atoms with E-state index in [0.717, 1.165) is 6.42 Å². The standard InChI is InChI=1S/C13H22O5/c1-13(17-9-10-18-13)8-7-11(14)5-3-4-6-12(15)16-2/h3-10H2,1-2H3. The molecule has 0 atom stereocenters. The topological polar surface area (TPSA) is 61.8 Å². The molecule has 1 rings (SSSR count). The van der Waals surface area contributed by atoms with Crippen LogP contribution in [0.25, 0.3) is 0 Å². The number of hydrogen-bond acceptors (Lipinski definition) is 5. The lowest BCUT2D eigenvalue weighted by atomic mass is 10.0. The van der Waals surface area contributed by atoms with E-state index in [-0.39, 0.29) is 11.8 Å². The van der Waals surface area contributed by atoms with Crippen LogP contribution < -0.4 is 0 Å². The first-order valence-electron chi connectivity index (χ1n) is 6.42. The molecule has 0 aromatic carbocycles. The second-order valence-electron chi connectivity index (χ2n) is 4.65. The van der Waals surface area contributed by atoms with Gasteiger partial charge in [0.2, 0.25) is 0 Å². The van der Waals surface area contributed by atoms with Crippen molar-refractivity contribution in [2.24, 2.45) is 0 Å². The van der Waals surface area contributed by atoms with E-state index in [4.69, 9.17) is 9.47 Å². The lowest BCUT2D eigenvalue weighted by Crippen LogP contribution is -2.26. The van der Waals surface area contributed by atoms with Gasteiger partial charge < -0.3 is 14.2 Å². The van der Waals surface area contributed by atoms with Crippen molar-refractivity contribution in [3.8, 4) is 0 Å². The molecule has 0 aromatic heterocycles. The minimum absolute atomic E-state index is 0.195. The quantitative estimate of drug-likeness (QED) is 0.491. The molecule has 1 aliphatic rings. The van der Waals surface area contributed by atoms with Crippen LogP contribution in [0.15, 0.2) is 0 Å². The summed E-state index contributed by atoms with van der Waals surface area (Å²) in [5, 5.41) is 0. The van der Waals surface area contributed by atoms with Gasteiger partial charge in [0.05, 0.1) is 20.3 Å². The van der Waals surface area contributed by atoms with E-state index < -0.39 is 5.79 Å². The summed E-state index contributed by atoms with van der Waals surface area (Å²) >= 11 is 0. The molecule has 1 heterocycles. The first-order valence-corrected chi connectivity index (χ1v) is 6.42. The van der Waals surface area contributed by atoms with Gasteiger partial charge in [0.25, 0.3) is 0 Å². The summed E-state index contributed by atoms with van der Waals surface area (Å²) in [6.07, 6.45) is 3.38. The zero-order valence-electron chi connectivity index (χ0n) is 11.2. The Hall–Kier alpha value is -0.940. The Morgan fingerprint density at radius 1 is 1.11 bits per heavy atom. The van der Waals surface area contributed by atoms with Gasteiger partial charge in [-0.2, -0.15) is 0 Å². The van der Waals surface area contributed by atoms with Gasteiger partial charge >= 0.3 is 5.97 Å². The molecule has 18 heavy (non-hydrogen) atoms. The fourth-order valence-corrected chi connectivity index (χ4v) is 1.89. The number of ether oxygens (including phenoxy) is 3. The third kappa shape index (κ3) is 5.60. The minimum atomic E-state index is -0.582. The molecule has 5 nitrogen and oxygen atoms in total. The summed E-state index contributed by atoms with van der Waals surface area (Å²) < 4.78 is 15.4. The molecule has 0 spiro atoms. The van der Waals surface area contributed by atoms with Crippen molar-refractivity contribution >= 4 is 11.8 Å². The molecule has 0 aliphatic carbocycles. The molecule has 0 bridgehead atoms. The van der Waals surface area contributed by atoms with Crippen molar-refractivity contribution in [2.75, 3.05) is 20.3 Å². The monoisotopic (exact) mass is 258 g/mol. The number of carbonyl (C=O) groups is 2. The summed E-state index contributed by atoms with van der Waals surface area (Å²) in [7, 11) is 1.37. The second kappa shape index (κ2) is 7.48. The number of Topliss-reactive ketones (excluding diaryl/α,β-unsaturated/α-hetero) is 1. The van der Waals surface area contributed by atoms with Gasteiger partial charge in [0.15, 0.2) is 5.79 Å². The normalized spacial score (nSPS) is 17.7. The summed E-state index contributed by atoms with van der Waals surface area (Å²) in [4.78, 5) is 22.5. The summed E-state index contributed by atoms with van der Waals surface area (Å²) in [6, 6.07) is 0. The number of ketones is 1. The lowest BCUT2D eigenvalue weighted by molar-refractivity contribution is -0.151. The Labute approximate surface area is 108 Å². The Bertz CT molecular complexity index is 281. The highest BCUT2D eigenvalue weighted by atomic mass is 16.7. The van der Waals surface area contributed by atoms with Crippen molar-refractivity contribution in [3.63, 3.8) is 0 Å². The van der Waals surface area contributed by atoms with E-state index in [2.05, 4.69) is 4.74 Å². The number of rotatable bonds is 8. The maximum atomic E-state index is 11.6. The van der Waals surface area contributed by atoms with Crippen LogP contribution in [0.4, 0.5) is 0 Å². The van der Waals surface area contributed by atoms with Gasteiger partial charge in [-0.3, -0.25) is 9.59 Å². The Balaban J connectivity index is 2.05. The van der Waals surface area contributed by atoms with E-state index >= 15 is 0 Å². The number of unbranched alkanes of at least 4 members (excludes halogenated alkanes) is 1. The van der Waals surface area contributed by atoms with Crippen LogP contribution >= 0.6 is 0 Å². The maximum Gasteiger partial charge on any atom is 0.305 e. The Morgan fingerprint density at radius 2 is 1.72 bits per heavy atom. The van der Waals surface area contributed by atoms with Crippen molar-refractivity contribution < 1.29 is 23.8 Å². The van der Waals surface area contributed by atoms with Crippen LogP contribution in [0.2, 0.25) is 0 Å². The fourth-order valence-electron chi connectivity index (χ4n) is 1.89. The molecular formula is C13H22O5. The fraction of sp³-hybridized carbons (Fsp3) is 0.846. The Kier molecular flexibility index (Phi) is 6.29. The molecule has 1 fully saturated rings. The van der Waals surface area contributed by atoms with Crippen molar-refractivity contribution in [3.05, 3.63) is 0 Å².